The molecule has 17 heavy (non-hydrogen) atoms. The maximum Gasteiger partial charge on any atom is 0.339 e. The van der Waals surface area contributed by atoms with Crippen LogP contribution in [0.5, 0.6) is 11.5 Å². The summed E-state index contributed by atoms with van der Waals surface area (Å²) in [5.74, 6) is -0.967. The number of aromatic amines is 1. The van der Waals surface area contributed by atoms with Crippen LogP contribution in [-0.2, 0) is 0 Å². The van der Waals surface area contributed by atoms with Gasteiger partial charge >= 0.3 is 5.97 Å². The van der Waals surface area contributed by atoms with E-state index in [1.807, 2.05) is 0 Å². The third kappa shape index (κ3) is 1.80. The average molecular weight is 234 g/mol. The Morgan fingerprint density at radius 1 is 1.47 bits per heavy atom. The molecule has 1 heterocycles. The molecule has 0 atom stereocenters. The molecule has 0 aliphatic rings. The Balaban J connectivity index is 2.61. The summed E-state index contributed by atoms with van der Waals surface area (Å²) in [5, 5.41) is 25.1. The summed E-state index contributed by atoms with van der Waals surface area (Å²) in [4.78, 5) is 10.9. The number of ether oxygens (including phenoxy) is 1. The van der Waals surface area contributed by atoms with Crippen molar-refractivity contribution < 1.29 is 19.7 Å². The van der Waals surface area contributed by atoms with Gasteiger partial charge < -0.3 is 14.9 Å². The lowest BCUT2D eigenvalue weighted by Crippen LogP contribution is -1.97. The van der Waals surface area contributed by atoms with Crippen LogP contribution in [0.2, 0.25) is 0 Å². The number of aromatic hydroxyl groups is 1. The smallest absolute Gasteiger partial charge is 0.339 e. The van der Waals surface area contributed by atoms with Crippen LogP contribution in [0.1, 0.15) is 10.4 Å². The Labute approximate surface area is 96.5 Å². The molecule has 0 aliphatic heterocycles. The highest BCUT2D eigenvalue weighted by Crippen LogP contribution is 2.36. The number of benzene rings is 1. The maximum atomic E-state index is 10.9. The van der Waals surface area contributed by atoms with E-state index in [4.69, 9.17) is 9.84 Å². The zero-order chi connectivity index (χ0) is 12.4. The van der Waals surface area contributed by atoms with Crippen molar-refractivity contribution in [3.8, 4) is 22.8 Å². The molecule has 0 spiro atoms. The van der Waals surface area contributed by atoms with Crippen molar-refractivity contribution in [3.05, 3.63) is 30.0 Å². The third-order valence-electron chi connectivity index (χ3n) is 2.36. The van der Waals surface area contributed by atoms with Crippen molar-refractivity contribution in [2.24, 2.45) is 0 Å². The first-order chi connectivity index (χ1) is 8.15. The lowest BCUT2D eigenvalue weighted by atomic mass is 10.1. The average Bonchev–Trinajstić information content (AvgIpc) is 2.78. The van der Waals surface area contributed by atoms with E-state index in [9.17, 15) is 9.90 Å². The summed E-state index contributed by atoms with van der Waals surface area (Å²) in [7, 11) is 1.42. The Morgan fingerprint density at radius 2 is 2.24 bits per heavy atom. The van der Waals surface area contributed by atoms with E-state index < -0.39 is 5.97 Å². The number of para-hydroxylation sites is 1. The zero-order valence-corrected chi connectivity index (χ0v) is 8.97. The Kier molecular flexibility index (Phi) is 2.70. The van der Waals surface area contributed by atoms with Gasteiger partial charge in [-0.25, -0.2) is 4.79 Å². The number of carboxylic acids is 1. The second-order valence-electron chi connectivity index (χ2n) is 3.32. The molecule has 3 N–H and O–H groups in total. The van der Waals surface area contributed by atoms with Gasteiger partial charge in [-0.1, -0.05) is 6.07 Å². The van der Waals surface area contributed by atoms with Crippen LogP contribution in [0.3, 0.4) is 0 Å². The summed E-state index contributed by atoms with van der Waals surface area (Å²) >= 11 is 0. The molecular weight excluding hydrogens is 224 g/mol. The number of methoxy groups -OCH3 is 1. The number of H-pyrrole nitrogens is 1. The Hall–Kier alpha value is -2.50. The number of carbonyl (C=O) groups is 1. The number of aromatic nitrogens is 2. The van der Waals surface area contributed by atoms with Gasteiger partial charge in [-0.2, -0.15) is 5.10 Å². The van der Waals surface area contributed by atoms with Crippen LogP contribution in [-0.4, -0.2) is 33.5 Å². The lowest BCUT2D eigenvalue weighted by molar-refractivity contribution is 0.0698. The van der Waals surface area contributed by atoms with Crippen molar-refractivity contribution in [1.82, 2.24) is 10.2 Å². The molecule has 2 aromatic rings. The van der Waals surface area contributed by atoms with E-state index >= 15 is 0 Å². The van der Waals surface area contributed by atoms with E-state index in [0.717, 1.165) is 0 Å². The van der Waals surface area contributed by atoms with Gasteiger partial charge in [-0.05, 0) is 12.1 Å². The number of nitrogens with one attached hydrogen (secondary N) is 1. The Bertz CT molecular complexity index is 562. The monoisotopic (exact) mass is 234 g/mol. The van der Waals surface area contributed by atoms with Crippen LogP contribution in [0.4, 0.5) is 0 Å². The predicted molar refractivity (Wildman–Crippen MR) is 59.2 cm³/mol. The molecule has 0 bridgehead atoms. The van der Waals surface area contributed by atoms with Gasteiger partial charge in [-0.15, -0.1) is 0 Å². The molecule has 2 rings (SSSR count). The number of nitrogens with zero attached hydrogens (tertiary/aromatic N) is 1. The number of phenolic OH excluding ortho intramolecular Hbond substituents is 1. The molecule has 6 nitrogen and oxygen atoms in total. The summed E-state index contributed by atoms with van der Waals surface area (Å²) in [6.07, 6.45) is 1.19. The summed E-state index contributed by atoms with van der Waals surface area (Å²) in [6, 6.07) is 4.81. The fourth-order valence-electron chi connectivity index (χ4n) is 1.54. The van der Waals surface area contributed by atoms with Crippen LogP contribution in [0.25, 0.3) is 11.3 Å². The van der Waals surface area contributed by atoms with E-state index in [2.05, 4.69) is 10.2 Å². The maximum absolute atomic E-state index is 10.9. The minimum Gasteiger partial charge on any atom is -0.504 e. The molecule has 0 unspecified atom stereocenters. The van der Waals surface area contributed by atoms with Gasteiger partial charge in [0, 0.05) is 5.56 Å². The molecular formula is C11H10N2O4. The molecule has 0 fully saturated rings. The van der Waals surface area contributed by atoms with Crippen LogP contribution in [0, 0.1) is 0 Å². The molecule has 0 radical (unpaired) electrons. The number of rotatable bonds is 3. The first-order valence-electron chi connectivity index (χ1n) is 4.78. The Morgan fingerprint density at radius 3 is 2.88 bits per heavy atom. The van der Waals surface area contributed by atoms with Crippen LogP contribution >= 0.6 is 0 Å². The van der Waals surface area contributed by atoms with Gasteiger partial charge in [0.1, 0.15) is 5.56 Å². The number of hydrogen-bond acceptors (Lipinski definition) is 4. The van der Waals surface area contributed by atoms with Gasteiger partial charge in [-0.3, -0.25) is 5.10 Å². The minimum absolute atomic E-state index is 0.00597. The van der Waals surface area contributed by atoms with E-state index in [-0.39, 0.29) is 22.8 Å². The van der Waals surface area contributed by atoms with Crippen LogP contribution < -0.4 is 4.74 Å². The highest BCUT2D eigenvalue weighted by atomic mass is 16.5. The third-order valence-corrected chi connectivity index (χ3v) is 2.36. The quantitative estimate of drug-likeness (QED) is 0.747. The lowest BCUT2D eigenvalue weighted by Gasteiger charge is -2.07. The highest BCUT2D eigenvalue weighted by Gasteiger charge is 2.18. The predicted octanol–water partition coefficient (Wildman–Crippen LogP) is 1.49. The fourth-order valence-corrected chi connectivity index (χ4v) is 1.54. The van der Waals surface area contributed by atoms with Crippen molar-refractivity contribution in [3.63, 3.8) is 0 Å². The molecule has 6 heteroatoms. The molecule has 0 saturated heterocycles. The van der Waals surface area contributed by atoms with Crippen LogP contribution in [0.15, 0.2) is 24.4 Å². The van der Waals surface area contributed by atoms with Crippen molar-refractivity contribution >= 4 is 5.97 Å². The summed E-state index contributed by atoms with van der Waals surface area (Å²) in [5.41, 5.74) is 0.571. The second kappa shape index (κ2) is 4.17. The first-order valence-corrected chi connectivity index (χ1v) is 4.78. The van der Waals surface area contributed by atoms with Crippen molar-refractivity contribution in [1.29, 1.82) is 0 Å². The summed E-state index contributed by atoms with van der Waals surface area (Å²) < 4.78 is 4.95. The van der Waals surface area contributed by atoms with Gasteiger partial charge in [0.05, 0.1) is 19.0 Å². The van der Waals surface area contributed by atoms with E-state index in [1.165, 1.54) is 13.3 Å². The van der Waals surface area contributed by atoms with E-state index in [1.54, 1.807) is 18.2 Å². The molecule has 0 amide bonds. The normalized spacial score (nSPS) is 10.2. The standard InChI is InChI=1S/C11H10N2O4/c1-17-8-4-2-3-6(10(8)14)9-7(11(15)16)5-12-13-9/h2-5,14H,1H3,(H,12,13)(H,15,16). The van der Waals surface area contributed by atoms with Gasteiger partial charge in [0.15, 0.2) is 11.5 Å². The highest BCUT2D eigenvalue weighted by molar-refractivity contribution is 5.95. The largest absolute Gasteiger partial charge is 0.504 e. The zero-order valence-electron chi connectivity index (χ0n) is 8.97. The van der Waals surface area contributed by atoms with Gasteiger partial charge in [0.25, 0.3) is 0 Å². The number of carboxylic acid groups (broad SMARTS) is 1. The van der Waals surface area contributed by atoms with Gasteiger partial charge in [0.2, 0.25) is 0 Å². The number of phenols is 1. The number of aromatic carboxylic acids is 1. The molecule has 1 aromatic heterocycles. The van der Waals surface area contributed by atoms with Crippen molar-refractivity contribution in [2.75, 3.05) is 7.11 Å². The SMILES string of the molecule is COc1cccc(-c2[nH]ncc2C(=O)O)c1O. The first kappa shape index (κ1) is 11.0. The fraction of sp³-hybridized carbons (Fsp3) is 0.0909. The second-order valence-corrected chi connectivity index (χ2v) is 3.32. The molecule has 0 aliphatic carbocycles. The molecule has 1 aromatic carbocycles. The minimum atomic E-state index is -1.11. The topological polar surface area (TPSA) is 95.4 Å². The molecule has 0 saturated carbocycles. The van der Waals surface area contributed by atoms with E-state index in [0.29, 0.717) is 5.56 Å². The number of hydrogen-bond donors (Lipinski definition) is 3. The summed E-state index contributed by atoms with van der Waals surface area (Å²) in [6.45, 7) is 0. The van der Waals surface area contributed by atoms with Crippen molar-refractivity contribution in [2.45, 2.75) is 0 Å². The molecule has 88 valence electrons.